The first-order chi connectivity index (χ1) is 7.52. The molecule has 1 unspecified atom stereocenters. The minimum atomic E-state index is -1.00. The summed E-state index contributed by atoms with van der Waals surface area (Å²) < 4.78 is 9.97. The lowest BCUT2D eigenvalue weighted by Gasteiger charge is -2.25. The van der Waals surface area contributed by atoms with Gasteiger partial charge in [-0.15, -0.1) is 0 Å². The number of hydroxylamine groups is 2. The molecule has 1 aliphatic heterocycles. The highest BCUT2D eigenvalue weighted by Gasteiger charge is 2.45. The van der Waals surface area contributed by atoms with E-state index in [9.17, 15) is 14.8 Å². The molecular formula is C11H19NO5. The van der Waals surface area contributed by atoms with Gasteiger partial charge in [-0.05, 0) is 34.6 Å². The highest BCUT2D eigenvalue weighted by atomic mass is 16.6. The fraction of sp³-hybridized carbons (Fsp3) is 0.818. The van der Waals surface area contributed by atoms with Crippen LogP contribution in [0, 0.1) is 0 Å². The van der Waals surface area contributed by atoms with Gasteiger partial charge in [0.1, 0.15) is 11.2 Å². The number of hydrogen-bond acceptors (Lipinski definition) is 5. The second-order valence-electron chi connectivity index (χ2n) is 5.73. The normalized spacial score (nSPS) is 23.2. The van der Waals surface area contributed by atoms with Crippen LogP contribution in [0.2, 0.25) is 0 Å². The van der Waals surface area contributed by atoms with Crippen molar-refractivity contribution in [1.29, 1.82) is 0 Å². The zero-order valence-corrected chi connectivity index (χ0v) is 10.8. The smallest absolute Gasteiger partial charge is 0.435 e. The first-order valence-electron chi connectivity index (χ1n) is 5.46. The number of hydrogen-bond donors (Lipinski definition) is 1. The van der Waals surface area contributed by atoms with Gasteiger partial charge in [0.2, 0.25) is 0 Å². The predicted molar refractivity (Wildman–Crippen MR) is 58.4 cm³/mol. The zero-order valence-electron chi connectivity index (χ0n) is 10.8. The number of ether oxygens (including phenoxy) is 2. The Bertz CT molecular complexity index is 331. The largest absolute Gasteiger partial charge is 0.458 e. The van der Waals surface area contributed by atoms with Crippen LogP contribution in [-0.2, 0) is 14.3 Å². The van der Waals surface area contributed by atoms with Crippen LogP contribution >= 0.6 is 0 Å². The summed E-state index contributed by atoms with van der Waals surface area (Å²) in [6.07, 6.45) is -0.709. The predicted octanol–water partition coefficient (Wildman–Crippen LogP) is 1.71. The maximum Gasteiger partial charge on any atom is 0.435 e. The lowest BCUT2D eigenvalue weighted by Crippen LogP contribution is -2.43. The van der Waals surface area contributed by atoms with E-state index in [-0.39, 0.29) is 6.42 Å². The molecule has 0 aromatic rings. The Morgan fingerprint density at radius 1 is 1.53 bits per heavy atom. The number of carbonyl (C=O) groups is 2. The molecule has 0 saturated carbocycles. The van der Waals surface area contributed by atoms with E-state index in [0.717, 1.165) is 0 Å². The third-order valence-electron chi connectivity index (χ3n) is 2.21. The summed E-state index contributed by atoms with van der Waals surface area (Å²) in [5.74, 6) is -0.622. The van der Waals surface area contributed by atoms with Gasteiger partial charge in [-0.3, -0.25) is 5.21 Å². The fourth-order valence-electron chi connectivity index (χ4n) is 1.55. The van der Waals surface area contributed by atoms with Crippen LogP contribution in [-0.4, -0.2) is 39.6 Å². The van der Waals surface area contributed by atoms with Crippen molar-refractivity contribution in [2.24, 2.45) is 0 Å². The molecule has 0 aromatic heterocycles. The summed E-state index contributed by atoms with van der Waals surface area (Å²) in [6.45, 7) is 8.46. The number of cyclic esters (lactones) is 1. The maximum absolute atomic E-state index is 11.5. The highest BCUT2D eigenvalue weighted by Crippen LogP contribution is 2.29. The Labute approximate surface area is 100 Å². The van der Waals surface area contributed by atoms with Gasteiger partial charge in [0.25, 0.3) is 0 Å². The van der Waals surface area contributed by atoms with Gasteiger partial charge >= 0.3 is 12.1 Å². The van der Waals surface area contributed by atoms with Crippen molar-refractivity contribution in [3.8, 4) is 0 Å². The van der Waals surface area contributed by atoms with E-state index >= 15 is 0 Å². The monoisotopic (exact) mass is 245 g/mol. The summed E-state index contributed by atoms with van der Waals surface area (Å²) in [6, 6.07) is -1.00. The first kappa shape index (κ1) is 13.8. The van der Waals surface area contributed by atoms with E-state index < -0.39 is 29.3 Å². The molecular weight excluding hydrogens is 226 g/mol. The van der Waals surface area contributed by atoms with Crippen molar-refractivity contribution in [3.63, 3.8) is 0 Å². The van der Waals surface area contributed by atoms with E-state index in [0.29, 0.717) is 5.06 Å². The number of esters is 1. The summed E-state index contributed by atoms with van der Waals surface area (Å²) in [4.78, 5) is 23.0. The lowest BCUT2D eigenvalue weighted by molar-refractivity contribution is -0.161. The van der Waals surface area contributed by atoms with Crippen LogP contribution in [0.5, 0.6) is 0 Å². The van der Waals surface area contributed by atoms with Crippen molar-refractivity contribution >= 4 is 12.1 Å². The third kappa shape index (κ3) is 3.59. The fourth-order valence-corrected chi connectivity index (χ4v) is 1.55. The molecule has 1 fully saturated rings. The van der Waals surface area contributed by atoms with Crippen molar-refractivity contribution in [2.75, 3.05) is 0 Å². The molecule has 6 heteroatoms. The second kappa shape index (κ2) is 4.18. The molecule has 0 aromatic carbocycles. The topological polar surface area (TPSA) is 76.1 Å². The number of nitrogens with zero attached hydrogens (tertiary/aromatic N) is 1. The quantitative estimate of drug-likeness (QED) is 0.432. The lowest BCUT2D eigenvalue weighted by atomic mass is 10.0. The summed E-state index contributed by atoms with van der Waals surface area (Å²) >= 11 is 0. The average Bonchev–Trinajstić information content (AvgIpc) is 2.35. The van der Waals surface area contributed by atoms with E-state index in [2.05, 4.69) is 0 Å². The molecule has 1 amide bonds. The van der Waals surface area contributed by atoms with Gasteiger partial charge < -0.3 is 9.47 Å². The average molecular weight is 245 g/mol. The zero-order chi connectivity index (χ0) is 13.4. The van der Waals surface area contributed by atoms with Gasteiger partial charge in [-0.2, -0.15) is 5.06 Å². The molecule has 17 heavy (non-hydrogen) atoms. The van der Waals surface area contributed by atoms with Crippen LogP contribution in [0.3, 0.4) is 0 Å². The molecule has 0 bridgehead atoms. The maximum atomic E-state index is 11.5. The molecule has 1 heterocycles. The molecule has 1 aliphatic rings. The summed E-state index contributed by atoms with van der Waals surface area (Å²) in [7, 11) is 0. The van der Waals surface area contributed by atoms with Gasteiger partial charge in [-0.1, -0.05) is 0 Å². The van der Waals surface area contributed by atoms with E-state index in [4.69, 9.17) is 9.47 Å². The molecule has 1 atom stereocenters. The van der Waals surface area contributed by atoms with Crippen LogP contribution in [0.4, 0.5) is 4.79 Å². The number of amides is 1. The molecule has 0 aliphatic carbocycles. The van der Waals surface area contributed by atoms with Gasteiger partial charge in [0.15, 0.2) is 6.04 Å². The number of carbonyl (C=O) groups excluding carboxylic acids is 2. The Hall–Kier alpha value is -1.30. The molecule has 6 nitrogen and oxygen atoms in total. The molecule has 0 radical (unpaired) electrons. The van der Waals surface area contributed by atoms with Crippen molar-refractivity contribution in [1.82, 2.24) is 5.06 Å². The highest BCUT2D eigenvalue weighted by molar-refractivity contribution is 5.82. The van der Waals surface area contributed by atoms with E-state index in [1.165, 1.54) is 0 Å². The molecule has 1 saturated heterocycles. The van der Waals surface area contributed by atoms with Crippen LogP contribution in [0.1, 0.15) is 41.0 Å². The van der Waals surface area contributed by atoms with Gasteiger partial charge in [0.05, 0.1) is 0 Å². The van der Waals surface area contributed by atoms with Crippen molar-refractivity contribution in [3.05, 3.63) is 0 Å². The number of rotatable bonds is 1. The Morgan fingerprint density at radius 3 is 2.41 bits per heavy atom. The van der Waals surface area contributed by atoms with E-state index in [1.807, 2.05) is 0 Å². The van der Waals surface area contributed by atoms with Crippen LogP contribution < -0.4 is 0 Å². The Morgan fingerprint density at radius 2 is 2.06 bits per heavy atom. The van der Waals surface area contributed by atoms with Gasteiger partial charge in [-0.25, -0.2) is 9.59 Å². The molecule has 0 spiro atoms. The minimum Gasteiger partial charge on any atom is -0.458 e. The summed E-state index contributed by atoms with van der Waals surface area (Å²) in [5, 5.41) is 9.95. The molecule has 1 rings (SSSR count). The summed E-state index contributed by atoms with van der Waals surface area (Å²) in [5.41, 5.74) is -1.40. The molecule has 98 valence electrons. The van der Waals surface area contributed by atoms with Crippen LogP contribution in [0.25, 0.3) is 0 Å². The Kier molecular flexibility index (Phi) is 3.38. The van der Waals surface area contributed by atoms with Crippen molar-refractivity contribution < 1.29 is 24.3 Å². The third-order valence-corrected chi connectivity index (χ3v) is 2.21. The van der Waals surface area contributed by atoms with E-state index in [1.54, 1.807) is 34.6 Å². The second-order valence-corrected chi connectivity index (χ2v) is 5.73. The minimum absolute atomic E-state index is 0.238. The van der Waals surface area contributed by atoms with Crippen molar-refractivity contribution in [2.45, 2.75) is 58.3 Å². The van der Waals surface area contributed by atoms with Gasteiger partial charge in [0, 0.05) is 6.42 Å². The van der Waals surface area contributed by atoms with Crippen LogP contribution in [0.15, 0.2) is 0 Å². The standard InChI is InChI=1S/C11H19NO5/c1-10(2,3)17-9(14)12(15)7-6-11(4,5)16-8(7)13/h7,15H,6H2,1-5H3. The first-order valence-corrected chi connectivity index (χ1v) is 5.46. The molecule has 1 N–H and O–H groups in total. The SMILES string of the molecule is CC(C)(C)OC(=O)N(O)C1CC(C)(C)OC1=O. The Balaban J connectivity index is 2.68.